The Morgan fingerprint density at radius 1 is 1.11 bits per heavy atom. The van der Waals surface area contributed by atoms with Crippen LogP contribution >= 0.6 is 0 Å². The summed E-state index contributed by atoms with van der Waals surface area (Å²) in [5.74, 6) is 1.13. The molecule has 0 radical (unpaired) electrons. The minimum Gasteiger partial charge on any atom is -0.297 e. The van der Waals surface area contributed by atoms with Gasteiger partial charge in [-0.3, -0.25) is 9.88 Å². The Morgan fingerprint density at radius 2 is 1.89 bits per heavy atom. The van der Waals surface area contributed by atoms with Crippen LogP contribution in [0.15, 0.2) is 53.5 Å². The minimum absolute atomic E-state index is 0.168. The van der Waals surface area contributed by atoms with E-state index < -0.39 is 0 Å². The van der Waals surface area contributed by atoms with Gasteiger partial charge < -0.3 is 0 Å². The number of piperidine rings is 1. The molecule has 6 nitrogen and oxygen atoms in total. The maximum atomic E-state index is 12.3. The first-order valence-electron chi connectivity index (χ1n) is 9.63. The Labute approximate surface area is 158 Å². The van der Waals surface area contributed by atoms with Crippen LogP contribution in [-0.4, -0.2) is 37.7 Å². The molecule has 6 heteroatoms. The van der Waals surface area contributed by atoms with Crippen molar-refractivity contribution in [2.24, 2.45) is 0 Å². The maximum absolute atomic E-state index is 12.3. The Kier molecular flexibility index (Phi) is 5.16. The lowest BCUT2D eigenvalue weighted by Gasteiger charge is -2.31. The number of benzene rings is 1. The highest BCUT2D eigenvalue weighted by Gasteiger charge is 2.26. The highest BCUT2D eigenvalue weighted by atomic mass is 16.1. The Balaban J connectivity index is 1.43. The molecule has 3 aromatic rings. The molecule has 2 aromatic heterocycles. The number of nitrogens with zero attached hydrogens (tertiary/aromatic N) is 4. The average molecular weight is 363 g/mol. The fourth-order valence-corrected chi connectivity index (χ4v) is 3.75. The lowest BCUT2D eigenvalue weighted by molar-refractivity contribution is 0.199. The van der Waals surface area contributed by atoms with Gasteiger partial charge in [-0.15, -0.1) is 0 Å². The van der Waals surface area contributed by atoms with E-state index in [1.54, 1.807) is 4.57 Å². The van der Waals surface area contributed by atoms with Gasteiger partial charge in [0, 0.05) is 18.7 Å². The third kappa shape index (κ3) is 3.85. The lowest BCUT2D eigenvalue weighted by atomic mass is 9.95. The van der Waals surface area contributed by atoms with Gasteiger partial charge in [0.25, 0.3) is 0 Å². The molecule has 0 bridgehead atoms. The van der Waals surface area contributed by atoms with Crippen LogP contribution in [0.3, 0.4) is 0 Å². The zero-order valence-corrected chi connectivity index (χ0v) is 15.6. The molecule has 1 aromatic carbocycles. The monoisotopic (exact) mass is 363 g/mol. The van der Waals surface area contributed by atoms with Gasteiger partial charge in [0.05, 0.1) is 11.4 Å². The van der Waals surface area contributed by atoms with Crippen molar-refractivity contribution < 1.29 is 0 Å². The highest BCUT2D eigenvalue weighted by Crippen LogP contribution is 2.27. The largest absolute Gasteiger partial charge is 0.347 e. The van der Waals surface area contributed by atoms with Crippen LogP contribution in [0, 0.1) is 0 Å². The number of hydrogen-bond donors (Lipinski definition) is 1. The molecule has 1 aliphatic rings. The number of aryl methyl sites for hydroxylation is 1. The molecule has 0 spiro atoms. The average Bonchev–Trinajstić information content (AvgIpc) is 3.11. The molecule has 0 saturated carbocycles. The van der Waals surface area contributed by atoms with Crippen molar-refractivity contribution >= 4 is 0 Å². The topological polar surface area (TPSA) is 66.8 Å². The summed E-state index contributed by atoms with van der Waals surface area (Å²) in [4.78, 5) is 19.3. The first kappa shape index (κ1) is 17.7. The number of H-pyrrole nitrogens is 1. The summed E-state index contributed by atoms with van der Waals surface area (Å²) in [6, 6.07) is 14.0. The number of aromatic nitrogens is 4. The predicted octanol–water partition coefficient (Wildman–Crippen LogP) is 2.90. The summed E-state index contributed by atoms with van der Waals surface area (Å²) in [6.45, 7) is 4.99. The molecule has 1 saturated heterocycles. The molecule has 1 aliphatic heterocycles. The van der Waals surface area contributed by atoms with E-state index in [1.165, 1.54) is 5.56 Å². The van der Waals surface area contributed by atoms with Gasteiger partial charge in [-0.25, -0.2) is 14.5 Å². The third-order valence-corrected chi connectivity index (χ3v) is 5.35. The number of hydrogen-bond acceptors (Lipinski definition) is 4. The molecule has 0 amide bonds. The molecule has 0 atom stereocenters. The van der Waals surface area contributed by atoms with E-state index in [2.05, 4.69) is 39.1 Å². The van der Waals surface area contributed by atoms with Crippen molar-refractivity contribution in [3.05, 3.63) is 76.2 Å². The van der Waals surface area contributed by atoms with Crippen LogP contribution in [-0.2, 0) is 13.0 Å². The number of pyridine rings is 1. The van der Waals surface area contributed by atoms with E-state index >= 15 is 0 Å². The van der Waals surface area contributed by atoms with E-state index in [9.17, 15) is 4.79 Å². The SMILES string of the molecule is CCc1ccc(CN2CCC(c3n[nH]c(=O)n3-c3ccccc3)CC2)nc1. The summed E-state index contributed by atoms with van der Waals surface area (Å²) < 4.78 is 1.71. The van der Waals surface area contributed by atoms with Crippen LogP contribution < -0.4 is 5.69 Å². The van der Waals surface area contributed by atoms with Gasteiger partial charge in [-0.05, 0) is 56.1 Å². The summed E-state index contributed by atoms with van der Waals surface area (Å²) in [7, 11) is 0. The molecule has 0 unspecified atom stereocenters. The first-order chi connectivity index (χ1) is 13.2. The zero-order valence-electron chi connectivity index (χ0n) is 15.6. The van der Waals surface area contributed by atoms with Crippen molar-refractivity contribution in [3.63, 3.8) is 0 Å². The highest BCUT2D eigenvalue weighted by molar-refractivity contribution is 5.32. The number of aromatic amines is 1. The summed E-state index contributed by atoms with van der Waals surface area (Å²) in [5, 5.41) is 6.97. The van der Waals surface area contributed by atoms with Gasteiger partial charge >= 0.3 is 5.69 Å². The van der Waals surface area contributed by atoms with E-state index in [0.29, 0.717) is 0 Å². The molecule has 140 valence electrons. The molecule has 0 aliphatic carbocycles. The standard InChI is InChI=1S/C21H25N5O/c1-2-16-8-9-18(22-14-16)15-25-12-10-17(11-13-25)20-23-24-21(27)26(20)19-6-4-3-5-7-19/h3-9,14,17H,2,10-13,15H2,1H3,(H,24,27). The van der Waals surface area contributed by atoms with Crippen LogP contribution in [0.5, 0.6) is 0 Å². The molecular formula is C21H25N5O. The number of rotatable bonds is 5. The van der Waals surface area contributed by atoms with Gasteiger partial charge in [0.2, 0.25) is 0 Å². The Bertz CT molecular complexity index is 921. The van der Waals surface area contributed by atoms with Gasteiger partial charge in [0.1, 0.15) is 5.82 Å². The van der Waals surface area contributed by atoms with E-state index in [1.807, 2.05) is 36.5 Å². The van der Waals surface area contributed by atoms with Crippen molar-refractivity contribution in [1.82, 2.24) is 24.6 Å². The molecular weight excluding hydrogens is 338 g/mol. The van der Waals surface area contributed by atoms with Gasteiger partial charge in [-0.2, -0.15) is 5.10 Å². The van der Waals surface area contributed by atoms with Gasteiger partial charge in [-0.1, -0.05) is 31.2 Å². The molecule has 1 fully saturated rings. The maximum Gasteiger partial charge on any atom is 0.347 e. The normalized spacial score (nSPS) is 15.9. The van der Waals surface area contributed by atoms with Crippen LogP contribution in [0.1, 0.15) is 42.8 Å². The van der Waals surface area contributed by atoms with E-state index in [4.69, 9.17) is 0 Å². The molecule has 4 rings (SSSR count). The second kappa shape index (κ2) is 7.88. The lowest BCUT2D eigenvalue weighted by Crippen LogP contribution is -2.34. The predicted molar refractivity (Wildman–Crippen MR) is 105 cm³/mol. The van der Waals surface area contributed by atoms with E-state index in [-0.39, 0.29) is 11.6 Å². The van der Waals surface area contributed by atoms with Crippen molar-refractivity contribution in [1.29, 1.82) is 0 Å². The van der Waals surface area contributed by atoms with Crippen molar-refractivity contribution in [3.8, 4) is 5.69 Å². The van der Waals surface area contributed by atoms with Crippen LogP contribution in [0.4, 0.5) is 0 Å². The second-order valence-electron chi connectivity index (χ2n) is 7.12. The molecule has 3 heterocycles. The van der Waals surface area contributed by atoms with E-state index in [0.717, 1.165) is 56.1 Å². The Hall–Kier alpha value is -2.73. The quantitative estimate of drug-likeness (QED) is 0.757. The van der Waals surface area contributed by atoms with Crippen molar-refractivity contribution in [2.45, 2.75) is 38.6 Å². The number of para-hydroxylation sites is 1. The molecule has 1 N–H and O–H groups in total. The smallest absolute Gasteiger partial charge is 0.297 e. The van der Waals surface area contributed by atoms with Crippen LogP contribution in [0.2, 0.25) is 0 Å². The summed E-state index contributed by atoms with van der Waals surface area (Å²) in [6.07, 6.45) is 4.98. The zero-order chi connectivity index (χ0) is 18.6. The molecule has 27 heavy (non-hydrogen) atoms. The first-order valence-corrected chi connectivity index (χ1v) is 9.63. The fourth-order valence-electron chi connectivity index (χ4n) is 3.75. The van der Waals surface area contributed by atoms with Crippen LogP contribution in [0.25, 0.3) is 5.69 Å². The number of likely N-dealkylation sites (tertiary alicyclic amines) is 1. The second-order valence-corrected chi connectivity index (χ2v) is 7.12. The Morgan fingerprint density at radius 3 is 2.56 bits per heavy atom. The third-order valence-electron chi connectivity index (χ3n) is 5.35. The summed E-state index contributed by atoms with van der Waals surface area (Å²) >= 11 is 0. The minimum atomic E-state index is -0.168. The summed E-state index contributed by atoms with van der Waals surface area (Å²) in [5.41, 5.74) is 3.09. The van der Waals surface area contributed by atoms with Crippen molar-refractivity contribution in [2.75, 3.05) is 13.1 Å². The number of nitrogens with one attached hydrogen (secondary N) is 1. The van der Waals surface area contributed by atoms with Gasteiger partial charge in [0.15, 0.2) is 0 Å². The fraction of sp³-hybridized carbons (Fsp3) is 0.381.